The lowest BCUT2D eigenvalue weighted by Gasteiger charge is -2.45. The lowest BCUT2D eigenvalue weighted by molar-refractivity contribution is -0.118. The fourth-order valence-corrected chi connectivity index (χ4v) is 5.49. The molecule has 2 aliphatic rings. The Labute approximate surface area is 210 Å². The molecule has 3 aromatic carbocycles. The van der Waals surface area contributed by atoms with Crippen molar-refractivity contribution in [3.05, 3.63) is 118 Å². The number of benzene rings is 3. The largest absolute Gasteiger partial charge is 0.507 e. The van der Waals surface area contributed by atoms with E-state index in [0.29, 0.717) is 40.1 Å². The molecule has 1 atom stereocenters. The molecule has 1 unspecified atom stereocenters. The number of hydrogen-bond donors (Lipinski definition) is 2. The average Bonchev–Trinajstić information content (AvgIpc) is 2.84. The smallest absolute Gasteiger partial charge is 0.162 e. The molecule has 3 aromatic rings. The van der Waals surface area contributed by atoms with Gasteiger partial charge in [-0.05, 0) is 35.6 Å². The topological polar surface area (TPSA) is 64.4 Å². The number of allylic oxidation sites excluding steroid dienone is 2. The molecular weight excluding hydrogens is 456 g/mol. The molecule has 5 heteroatoms. The second-order valence-corrected chi connectivity index (χ2v) is 10.3. The van der Waals surface area contributed by atoms with Gasteiger partial charge >= 0.3 is 0 Å². The number of aliphatic hydroxyl groups excluding tert-OH is 1. The van der Waals surface area contributed by atoms with Crippen LogP contribution in [-0.2, 0) is 4.79 Å². The summed E-state index contributed by atoms with van der Waals surface area (Å²) in [6.45, 7) is 4.16. The molecule has 1 aliphatic carbocycles. The summed E-state index contributed by atoms with van der Waals surface area (Å²) in [6, 6.07) is 26.2. The first-order chi connectivity index (χ1) is 16.8. The molecule has 4 nitrogen and oxygen atoms in total. The van der Waals surface area contributed by atoms with Crippen molar-refractivity contribution in [2.24, 2.45) is 5.41 Å². The Balaban J connectivity index is 1.87. The Hall–Kier alpha value is -3.63. The Bertz CT molecular complexity index is 1370. The van der Waals surface area contributed by atoms with Crippen molar-refractivity contribution in [1.29, 1.82) is 5.41 Å². The van der Waals surface area contributed by atoms with E-state index in [1.165, 1.54) is 0 Å². The molecule has 1 heterocycles. The van der Waals surface area contributed by atoms with Crippen LogP contribution in [0.25, 0.3) is 5.76 Å². The first-order valence-electron chi connectivity index (χ1n) is 11.7. The third-order valence-electron chi connectivity index (χ3n) is 6.76. The van der Waals surface area contributed by atoms with E-state index in [9.17, 15) is 15.3 Å². The minimum atomic E-state index is -0.644. The predicted molar refractivity (Wildman–Crippen MR) is 142 cm³/mol. The number of nitrogens with one attached hydrogen (secondary N) is 1. The number of para-hydroxylation sites is 1. The number of ketones is 1. The van der Waals surface area contributed by atoms with E-state index >= 15 is 0 Å². The number of halogens is 1. The maximum absolute atomic E-state index is 13.8. The normalized spacial score (nSPS) is 21.1. The molecule has 0 saturated heterocycles. The highest BCUT2D eigenvalue weighted by Crippen LogP contribution is 2.52. The van der Waals surface area contributed by atoms with Gasteiger partial charge in [0.05, 0.1) is 0 Å². The minimum Gasteiger partial charge on any atom is -0.507 e. The number of aliphatic hydroxyl groups is 1. The zero-order valence-corrected chi connectivity index (χ0v) is 20.5. The maximum Gasteiger partial charge on any atom is 0.162 e. The molecule has 1 aliphatic heterocycles. The Morgan fingerprint density at radius 2 is 1.54 bits per heavy atom. The summed E-state index contributed by atoms with van der Waals surface area (Å²) in [4.78, 5) is 15.7. The van der Waals surface area contributed by atoms with Crippen LogP contribution < -0.4 is 4.90 Å². The fourth-order valence-electron chi connectivity index (χ4n) is 5.25. The van der Waals surface area contributed by atoms with Crippen LogP contribution in [0, 0.1) is 10.8 Å². The Morgan fingerprint density at radius 1 is 0.943 bits per heavy atom. The van der Waals surface area contributed by atoms with Crippen LogP contribution in [0.4, 0.5) is 5.69 Å². The lowest BCUT2D eigenvalue weighted by atomic mass is 9.67. The SMILES string of the molecule is CC1(C)CC(=O)C2=C(C1)N(c1ccccc1)C(=N)/C(=C(/O)c1ccccc1)C2c1ccccc1Cl. The van der Waals surface area contributed by atoms with Crippen molar-refractivity contribution >= 4 is 34.7 Å². The average molecular weight is 483 g/mol. The summed E-state index contributed by atoms with van der Waals surface area (Å²) < 4.78 is 0. The number of carbonyl (C=O) groups excluding carboxylic acids is 1. The van der Waals surface area contributed by atoms with E-state index in [0.717, 1.165) is 11.4 Å². The molecule has 0 bridgehead atoms. The number of anilines is 1. The van der Waals surface area contributed by atoms with Gasteiger partial charge in [0.25, 0.3) is 0 Å². The summed E-state index contributed by atoms with van der Waals surface area (Å²) in [6.07, 6.45) is 1.02. The van der Waals surface area contributed by atoms with Gasteiger partial charge in [0.2, 0.25) is 0 Å². The van der Waals surface area contributed by atoms with Gasteiger partial charge in [-0.3, -0.25) is 15.1 Å². The van der Waals surface area contributed by atoms with Crippen molar-refractivity contribution in [2.75, 3.05) is 4.90 Å². The van der Waals surface area contributed by atoms with Gasteiger partial charge in [0, 0.05) is 45.5 Å². The van der Waals surface area contributed by atoms with Gasteiger partial charge in [-0.1, -0.05) is 92.2 Å². The molecular formula is C30H27ClN2O2. The third-order valence-corrected chi connectivity index (χ3v) is 7.10. The monoisotopic (exact) mass is 482 g/mol. The zero-order valence-electron chi connectivity index (χ0n) is 19.8. The van der Waals surface area contributed by atoms with Gasteiger partial charge in [-0.25, -0.2) is 0 Å². The first kappa shape index (κ1) is 23.1. The van der Waals surface area contributed by atoms with Crippen molar-refractivity contribution < 1.29 is 9.90 Å². The molecule has 0 aromatic heterocycles. The van der Waals surface area contributed by atoms with Crippen molar-refractivity contribution in [2.45, 2.75) is 32.6 Å². The van der Waals surface area contributed by atoms with Crippen molar-refractivity contribution in [1.82, 2.24) is 0 Å². The summed E-state index contributed by atoms with van der Waals surface area (Å²) >= 11 is 6.69. The molecule has 0 fully saturated rings. The first-order valence-corrected chi connectivity index (χ1v) is 12.1. The van der Waals surface area contributed by atoms with E-state index in [1.807, 2.05) is 83.8 Å². The maximum atomic E-state index is 13.8. The molecule has 176 valence electrons. The van der Waals surface area contributed by atoms with Crippen LogP contribution >= 0.6 is 11.6 Å². The molecule has 0 radical (unpaired) electrons. The Kier molecular flexibility index (Phi) is 5.86. The van der Waals surface area contributed by atoms with E-state index in [1.54, 1.807) is 6.07 Å². The third kappa shape index (κ3) is 4.08. The van der Waals surface area contributed by atoms with Crippen LogP contribution in [0.2, 0.25) is 5.02 Å². The van der Waals surface area contributed by atoms with Crippen LogP contribution in [-0.4, -0.2) is 16.7 Å². The standard InChI is InChI=1S/C30H27ClN2O2/c1-30(2)17-23-26(24(34)18-30)25(21-15-9-10-16-22(21)31)27(28(35)19-11-5-3-6-12-19)29(32)33(23)20-13-7-4-8-14-20/h3-16,25,32,35H,17-18H2,1-2H3/b28-27+,32-29?. The van der Waals surface area contributed by atoms with Crippen LogP contribution in [0.1, 0.15) is 43.7 Å². The van der Waals surface area contributed by atoms with Crippen LogP contribution in [0.5, 0.6) is 0 Å². The van der Waals surface area contributed by atoms with Gasteiger partial charge in [0.15, 0.2) is 5.78 Å². The van der Waals surface area contributed by atoms with Gasteiger partial charge in [-0.2, -0.15) is 0 Å². The summed E-state index contributed by atoms with van der Waals surface area (Å²) in [5.41, 5.74) is 3.62. The van der Waals surface area contributed by atoms with E-state index < -0.39 is 5.92 Å². The van der Waals surface area contributed by atoms with E-state index in [2.05, 4.69) is 13.8 Å². The number of nitrogens with zero attached hydrogens (tertiary/aromatic N) is 1. The van der Waals surface area contributed by atoms with E-state index in [-0.39, 0.29) is 22.8 Å². The fraction of sp³-hybridized carbons (Fsp3) is 0.200. The second-order valence-electron chi connectivity index (χ2n) is 9.90. The quantitative estimate of drug-likeness (QED) is 0.379. The number of Topliss-reactive ketones (excluding diaryl/α,β-unsaturated/α-hetero) is 1. The molecule has 2 N–H and O–H groups in total. The second kappa shape index (κ2) is 8.86. The molecule has 0 spiro atoms. The molecule has 5 rings (SSSR count). The number of rotatable bonds is 3. The number of carbonyl (C=O) groups is 1. The lowest BCUT2D eigenvalue weighted by Crippen LogP contribution is -2.45. The van der Waals surface area contributed by atoms with Crippen LogP contribution in [0.3, 0.4) is 0 Å². The highest BCUT2D eigenvalue weighted by molar-refractivity contribution is 6.32. The van der Waals surface area contributed by atoms with Gasteiger partial charge in [0.1, 0.15) is 11.6 Å². The Morgan fingerprint density at radius 3 is 2.20 bits per heavy atom. The zero-order chi connectivity index (χ0) is 24.7. The van der Waals surface area contributed by atoms with Crippen LogP contribution in [0.15, 0.2) is 102 Å². The number of hydrogen-bond acceptors (Lipinski definition) is 3. The molecule has 0 saturated carbocycles. The van der Waals surface area contributed by atoms with Crippen molar-refractivity contribution in [3.8, 4) is 0 Å². The number of amidine groups is 1. The highest BCUT2D eigenvalue weighted by atomic mass is 35.5. The van der Waals surface area contributed by atoms with Crippen molar-refractivity contribution in [3.63, 3.8) is 0 Å². The summed E-state index contributed by atoms with van der Waals surface area (Å²) in [7, 11) is 0. The van der Waals surface area contributed by atoms with Gasteiger partial charge in [-0.15, -0.1) is 0 Å². The molecule has 0 amide bonds. The van der Waals surface area contributed by atoms with Gasteiger partial charge < -0.3 is 5.11 Å². The summed E-state index contributed by atoms with van der Waals surface area (Å²) in [5, 5.41) is 21.5. The summed E-state index contributed by atoms with van der Waals surface area (Å²) in [5.74, 6) is -0.500. The van der Waals surface area contributed by atoms with E-state index in [4.69, 9.17) is 11.6 Å². The predicted octanol–water partition coefficient (Wildman–Crippen LogP) is 7.53. The minimum absolute atomic E-state index is 0.0213. The molecule has 35 heavy (non-hydrogen) atoms. The highest BCUT2D eigenvalue weighted by Gasteiger charge is 2.47.